The summed E-state index contributed by atoms with van der Waals surface area (Å²) >= 11 is 0. The molecular formula is C14H18F3NO. The molecule has 1 aromatic carbocycles. The Kier molecular flexibility index (Phi) is 4.74. The van der Waals surface area contributed by atoms with Crippen LogP contribution in [0.25, 0.3) is 0 Å². The average Bonchev–Trinajstić information content (AvgIpc) is 2.28. The first kappa shape index (κ1) is 15.7. The SMILES string of the molecule is CCNC(C)(C)C(=O)Cc1ccc(C(F)(F)F)cc1. The molecule has 0 aromatic heterocycles. The number of alkyl halides is 3. The molecule has 0 heterocycles. The summed E-state index contributed by atoms with van der Waals surface area (Å²) in [6.07, 6.45) is -4.22. The fraction of sp³-hybridized carbons (Fsp3) is 0.500. The highest BCUT2D eigenvalue weighted by molar-refractivity contribution is 5.89. The molecule has 2 nitrogen and oxygen atoms in total. The van der Waals surface area contributed by atoms with Crippen molar-refractivity contribution in [2.45, 2.75) is 38.9 Å². The number of carbonyl (C=O) groups excluding carboxylic acids is 1. The lowest BCUT2D eigenvalue weighted by atomic mass is 9.93. The molecule has 19 heavy (non-hydrogen) atoms. The first-order valence-electron chi connectivity index (χ1n) is 6.11. The minimum atomic E-state index is -4.34. The van der Waals surface area contributed by atoms with Crippen LogP contribution in [0.5, 0.6) is 0 Å². The fourth-order valence-corrected chi connectivity index (χ4v) is 1.76. The monoisotopic (exact) mass is 273 g/mol. The summed E-state index contributed by atoms with van der Waals surface area (Å²) in [5.41, 5.74) is -0.782. The maximum Gasteiger partial charge on any atom is 0.416 e. The molecule has 0 aliphatic carbocycles. The topological polar surface area (TPSA) is 29.1 Å². The Labute approximate surface area is 111 Å². The molecule has 0 amide bonds. The standard InChI is InChI=1S/C14H18F3NO/c1-4-18-13(2,3)12(19)9-10-5-7-11(8-6-10)14(15,16)17/h5-8,18H,4,9H2,1-3H3. The van der Waals surface area contributed by atoms with Gasteiger partial charge < -0.3 is 5.32 Å². The van der Waals surface area contributed by atoms with Crippen LogP contribution >= 0.6 is 0 Å². The second-order valence-electron chi connectivity index (χ2n) is 4.95. The van der Waals surface area contributed by atoms with E-state index in [0.717, 1.165) is 12.1 Å². The van der Waals surface area contributed by atoms with Crippen molar-refractivity contribution in [2.75, 3.05) is 6.54 Å². The summed E-state index contributed by atoms with van der Waals surface area (Å²) in [5, 5.41) is 3.05. The summed E-state index contributed by atoms with van der Waals surface area (Å²) in [5.74, 6) is -0.0471. The van der Waals surface area contributed by atoms with Crippen molar-refractivity contribution in [3.8, 4) is 0 Å². The van der Waals surface area contributed by atoms with Crippen molar-refractivity contribution < 1.29 is 18.0 Å². The highest BCUT2D eigenvalue weighted by Gasteiger charge is 2.30. The van der Waals surface area contributed by atoms with Gasteiger partial charge in [-0.2, -0.15) is 13.2 Å². The first-order valence-corrected chi connectivity index (χ1v) is 6.11. The molecule has 0 atom stereocenters. The van der Waals surface area contributed by atoms with Crippen LogP contribution in [0.1, 0.15) is 31.9 Å². The normalized spacial score (nSPS) is 12.5. The van der Waals surface area contributed by atoms with Gasteiger partial charge in [-0.15, -0.1) is 0 Å². The second-order valence-corrected chi connectivity index (χ2v) is 4.95. The van der Waals surface area contributed by atoms with Gasteiger partial charge in [-0.25, -0.2) is 0 Å². The Morgan fingerprint density at radius 2 is 1.68 bits per heavy atom. The minimum absolute atomic E-state index is 0.0471. The van der Waals surface area contributed by atoms with Crippen LogP contribution in [0.4, 0.5) is 13.2 Å². The Morgan fingerprint density at radius 3 is 2.11 bits per heavy atom. The molecule has 0 spiro atoms. The minimum Gasteiger partial charge on any atom is -0.306 e. The molecule has 0 saturated heterocycles. The van der Waals surface area contributed by atoms with Crippen LogP contribution in [0.15, 0.2) is 24.3 Å². The summed E-state index contributed by atoms with van der Waals surface area (Å²) in [4.78, 5) is 12.0. The largest absolute Gasteiger partial charge is 0.416 e. The van der Waals surface area contributed by atoms with E-state index in [9.17, 15) is 18.0 Å². The molecule has 0 aliphatic rings. The molecule has 1 N–H and O–H groups in total. The van der Waals surface area contributed by atoms with Gasteiger partial charge in [-0.05, 0) is 38.1 Å². The molecule has 5 heteroatoms. The number of benzene rings is 1. The molecule has 0 unspecified atom stereocenters. The third-order valence-electron chi connectivity index (χ3n) is 2.96. The van der Waals surface area contributed by atoms with Gasteiger partial charge in [-0.1, -0.05) is 19.1 Å². The van der Waals surface area contributed by atoms with Crippen molar-refractivity contribution in [2.24, 2.45) is 0 Å². The Hall–Kier alpha value is -1.36. The molecule has 0 bridgehead atoms. The average molecular weight is 273 g/mol. The van der Waals surface area contributed by atoms with Gasteiger partial charge in [-0.3, -0.25) is 4.79 Å². The zero-order chi connectivity index (χ0) is 14.7. The van der Waals surface area contributed by atoms with E-state index in [4.69, 9.17) is 0 Å². The first-order chi connectivity index (χ1) is 8.66. The summed E-state index contributed by atoms with van der Waals surface area (Å²) in [6, 6.07) is 4.71. The Balaban J connectivity index is 2.76. The van der Waals surface area contributed by atoms with E-state index in [-0.39, 0.29) is 12.2 Å². The third-order valence-corrected chi connectivity index (χ3v) is 2.96. The van der Waals surface area contributed by atoms with Crippen molar-refractivity contribution in [3.05, 3.63) is 35.4 Å². The highest BCUT2D eigenvalue weighted by atomic mass is 19.4. The number of Topliss-reactive ketones (excluding diaryl/α,β-unsaturated/α-hetero) is 1. The number of hydrogen-bond donors (Lipinski definition) is 1. The van der Waals surface area contributed by atoms with Crippen LogP contribution in [0.3, 0.4) is 0 Å². The quantitative estimate of drug-likeness (QED) is 0.892. The lowest BCUT2D eigenvalue weighted by molar-refractivity contribution is -0.137. The lowest BCUT2D eigenvalue weighted by Gasteiger charge is -2.24. The van der Waals surface area contributed by atoms with E-state index in [1.807, 2.05) is 6.92 Å². The maximum absolute atomic E-state index is 12.4. The molecule has 0 radical (unpaired) electrons. The number of halogens is 3. The van der Waals surface area contributed by atoms with Crippen LogP contribution in [0.2, 0.25) is 0 Å². The van der Waals surface area contributed by atoms with E-state index in [1.54, 1.807) is 13.8 Å². The Bertz CT molecular complexity index is 435. The predicted octanol–water partition coefficient (Wildman–Crippen LogP) is 3.21. The van der Waals surface area contributed by atoms with E-state index >= 15 is 0 Å². The zero-order valence-electron chi connectivity index (χ0n) is 11.3. The van der Waals surface area contributed by atoms with Gasteiger partial charge in [0.25, 0.3) is 0 Å². The van der Waals surface area contributed by atoms with Crippen LogP contribution < -0.4 is 5.32 Å². The predicted molar refractivity (Wildman–Crippen MR) is 67.9 cm³/mol. The van der Waals surface area contributed by atoms with Crippen LogP contribution in [0, 0.1) is 0 Å². The smallest absolute Gasteiger partial charge is 0.306 e. The van der Waals surface area contributed by atoms with E-state index in [0.29, 0.717) is 12.1 Å². The van der Waals surface area contributed by atoms with E-state index in [2.05, 4.69) is 5.32 Å². The lowest BCUT2D eigenvalue weighted by Crippen LogP contribution is -2.47. The number of nitrogens with one attached hydrogen (secondary N) is 1. The second kappa shape index (κ2) is 5.74. The number of rotatable bonds is 5. The molecule has 1 rings (SSSR count). The van der Waals surface area contributed by atoms with Gasteiger partial charge in [0, 0.05) is 6.42 Å². The molecule has 106 valence electrons. The molecular weight excluding hydrogens is 255 g/mol. The third kappa shape index (κ3) is 4.35. The van der Waals surface area contributed by atoms with Crippen molar-refractivity contribution in [1.29, 1.82) is 0 Å². The summed E-state index contributed by atoms with van der Waals surface area (Å²) in [7, 11) is 0. The van der Waals surface area contributed by atoms with Crippen molar-refractivity contribution >= 4 is 5.78 Å². The summed E-state index contributed by atoms with van der Waals surface area (Å²) in [6.45, 7) is 6.09. The van der Waals surface area contributed by atoms with Gasteiger partial charge in [0.1, 0.15) is 0 Å². The van der Waals surface area contributed by atoms with Crippen molar-refractivity contribution in [1.82, 2.24) is 5.32 Å². The zero-order valence-corrected chi connectivity index (χ0v) is 11.3. The maximum atomic E-state index is 12.4. The molecule has 0 fully saturated rings. The highest BCUT2D eigenvalue weighted by Crippen LogP contribution is 2.29. The van der Waals surface area contributed by atoms with Gasteiger partial charge in [0.2, 0.25) is 0 Å². The van der Waals surface area contributed by atoms with Gasteiger partial charge in [0.15, 0.2) is 5.78 Å². The van der Waals surface area contributed by atoms with Gasteiger partial charge >= 0.3 is 6.18 Å². The van der Waals surface area contributed by atoms with Crippen molar-refractivity contribution in [3.63, 3.8) is 0 Å². The number of ketones is 1. The number of likely N-dealkylation sites (N-methyl/N-ethyl adjacent to an activating group) is 1. The van der Waals surface area contributed by atoms with E-state index < -0.39 is 17.3 Å². The number of hydrogen-bond acceptors (Lipinski definition) is 2. The summed E-state index contributed by atoms with van der Waals surface area (Å²) < 4.78 is 37.2. The number of carbonyl (C=O) groups is 1. The van der Waals surface area contributed by atoms with Crippen LogP contribution in [-0.2, 0) is 17.4 Å². The molecule has 1 aromatic rings. The molecule has 0 saturated carbocycles. The fourth-order valence-electron chi connectivity index (χ4n) is 1.76. The van der Waals surface area contributed by atoms with Crippen LogP contribution in [-0.4, -0.2) is 17.9 Å². The van der Waals surface area contributed by atoms with E-state index in [1.165, 1.54) is 12.1 Å². The van der Waals surface area contributed by atoms with Gasteiger partial charge in [0.05, 0.1) is 11.1 Å². The Morgan fingerprint density at radius 1 is 1.16 bits per heavy atom. The molecule has 0 aliphatic heterocycles.